The van der Waals surface area contributed by atoms with Crippen molar-refractivity contribution in [3.63, 3.8) is 0 Å². The molecule has 0 bridgehead atoms. The van der Waals surface area contributed by atoms with Gasteiger partial charge in [-0.25, -0.2) is 4.79 Å². The molecule has 2 amide bonds. The van der Waals surface area contributed by atoms with Gasteiger partial charge in [-0.3, -0.25) is 9.59 Å². The summed E-state index contributed by atoms with van der Waals surface area (Å²) in [6.07, 6.45) is -18.4. The predicted molar refractivity (Wildman–Crippen MR) is 358 cm³/mol. The summed E-state index contributed by atoms with van der Waals surface area (Å²) in [6, 6.07) is -2.90. The molecule has 0 spiro atoms. The number of ether oxygens (including phenoxy) is 10. The van der Waals surface area contributed by atoms with Gasteiger partial charge in [0.05, 0.1) is 57.9 Å². The fourth-order valence-corrected chi connectivity index (χ4v) is 13.4. The Kier molecular flexibility index (Phi) is 41.4. The molecular weight excluding hydrogens is 1350 g/mol. The van der Waals surface area contributed by atoms with Crippen LogP contribution in [-0.4, -0.2) is 321 Å². The SMILES string of the molecule is CCCCCCCCCCCCC/C=C/[C@@H](O)[C@H](CO[C@@H]1OC(CO)[C@@H](O[C@@H]2OC(CO)[C@H](O)[C@H](O[C@@H]3OC(CO)[C@@H](O[C@@H]4OC(CO[C@]5(C(=O)O)CC(O)[C@@H](O)C([C@H](O)[C@H](O)CO)O5)[C@H](O)[C@H](O)C4O)[C@H](O)C3NC(C)=O)C2O)[C@H](O)C1O)NC(=O)CCCCCCCCCCCCCCC. The molecule has 0 aromatic rings. The van der Waals surface area contributed by atoms with Gasteiger partial charge in [0.1, 0.15) is 122 Å². The topological polar surface area (TPSA) is 532 Å². The van der Waals surface area contributed by atoms with Crippen molar-refractivity contribution in [2.24, 2.45) is 0 Å². The highest BCUT2D eigenvalue weighted by Gasteiger charge is 2.59. The zero-order valence-corrected chi connectivity index (χ0v) is 59.4. The number of aliphatic carboxylic acids is 1. The minimum Gasteiger partial charge on any atom is -0.477 e. The van der Waals surface area contributed by atoms with Crippen molar-refractivity contribution in [3.8, 4) is 0 Å². The van der Waals surface area contributed by atoms with E-state index >= 15 is 0 Å². The number of hydrogen-bond donors (Lipinski definition) is 20. The van der Waals surface area contributed by atoms with E-state index in [2.05, 4.69) is 24.5 Å². The third kappa shape index (κ3) is 27.0. The molecule has 33 nitrogen and oxygen atoms in total. The van der Waals surface area contributed by atoms with Crippen molar-refractivity contribution >= 4 is 17.8 Å². The van der Waals surface area contributed by atoms with Crippen LogP contribution in [0.25, 0.3) is 0 Å². The summed E-state index contributed by atoms with van der Waals surface area (Å²) in [7, 11) is 0. The normalized spacial score (nSPS) is 35.8. The van der Waals surface area contributed by atoms with E-state index in [0.29, 0.717) is 12.8 Å². The minimum atomic E-state index is -2.98. The van der Waals surface area contributed by atoms with Crippen LogP contribution in [0.3, 0.4) is 0 Å². The maximum Gasteiger partial charge on any atom is 0.364 e. The molecule has 596 valence electrons. The van der Waals surface area contributed by atoms with Crippen LogP contribution < -0.4 is 10.6 Å². The van der Waals surface area contributed by atoms with Crippen molar-refractivity contribution in [3.05, 3.63) is 12.2 Å². The Balaban J connectivity index is 1.23. The van der Waals surface area contributed by atoms with Crippen LogP contribution >= 0.6 is 0 Å². The number of carboxylic acid groups (broad SMARTS) is 1. The quantitative estimate of drug-likeness (QED) is 0.0232. The second kappa shape index (κ2) is 47.1. The molecule has 0 aliphatic carbocycles. The number of carbonyl (C=O) groups is 3. The first-order valence-corrected chi connectivity index (χ1v) is 37.1. The third-order valence-electron chi connectivity index (χ3n) is 19.7. The van der Waals surface area contributed by atoms with E-state index in [-0.39, 0.29) is 12.3 Å². The molecule has 5 heterocycles. The number of aliphatic hydroxyl groups is 17. The number of allylic oxidation sites excluding steroid dienone is 1. The Morgan fingerprint density at radius 2 is 0.990 bits per heavy atom. The van der Waals surface area contributed by atoms with Crippen LogP contribution in [0.4, 0.5) is 0 Å². The maximum absolute atomic E-state index is 13.5. The van der Waals surface area contributed by atoms with Gasteiger partial charge < -0.3 is 150 Å². The summed E-state index contributed by atoms with van der Waals surface area (Å²) in [5, 5.41) is 202. The van der Waals surface area contributed by atoms with Crippen LogP contribution in [-0.2, 0) is 61.8 Å². The van der Waals surface area contributed by atoms with Gasteiger partial charge >= 0.3 is 5.97 Å². The highest BCUT2D eigenvalue weighted by atomic mass is 16.8. The largest absolute Gasteiger partial charge is 0.477 e. The Morgan fingerprint density at radius 3 is 1.51 bits per heavy atom. The highest BCUT2D eigenvalue weighted by molar-refractivity contribution is 5.76. The minimum absolute atomic E-state index is 0.178. The second-order valence-electron chi connectivity index (χ2n) is 27.9. The van der Waals surface area contributed by atoms with Crippen LogP contribution in [0.15, 0.2) is 12.2 Å². The lowest BCUT2D eigenvalue weighted by Gasteiger charge is -2.50. The van der Waals surface area contributed by atoms with Gasteiger partial charge in [-0.1, -0.05) is 167 Å². The molecule has 0 radical (unpaired) electrons. The highest BCUT2D eigenvalue weighted by Crippen LogP contribution is 2.38. The molecule has 102 heavy (non-hydrogen) atoms. The summed E-state index contributed by atoms with van der Waals surface area (Å²) in [4.78, 5) is 38.9. The molecule has 10 unspecified atom stereocenters. The summed E-state index contributed by atoms with van der Waals surface area (Å²) >= 11 is 0. The fourth-order valence-electron chi connectivity index (χ4n) is 13.4. The number of carbonyl (C=O) groups excluding carboxylic acids is 2. The first kappa shape index (κ1) is 89.7. The van der Waals surface area contributed by atoms with Crippen molar-refractivity contribution < 1.29 is 154 Å². The zero-order chi connectivity index (χ0) is 75.1. The lowest BCUT2D eigenvalue weighted by atomic mass is 9.90. The third-order valence-corrected chi connectivity index (χ3v) is 19.7. The summed E-state index contributed by atoms with van der Waals surface area (Å²) in [6.45, 7) is -0.252. The number of carboxylic acids is 1. The number of amides is 2. The molecule has 28 atom stereocenters. The first-order chi connectivity index (χ1) is 48.8. The number of rotatable bonds is 49. The maximum atomic E-state index is 13.5. The summed E-state index contributed by atoms with van der Waals surface area (Å²) in [5.41, 5.74) is 0. The lowest BCUT2D eigenvalue weighted by molar-refractivity contribution is -0.383. The van der Waals surface area contributed by atoms with Gasteiger partial charge in [0, 0.05) is 19.8 Å². The van der Waals surface area contributed by atoms with Gasteiger partial charge in [0.15, 0.2) is 25.2 Å². The van der Waals surface area contributed by atoms with Crippen molar-refractivity contribution in [1.82, 2.24) is 10.6 Å². The van der Waals surface area contributed by atoms with E-state index in [9.17, 15) is 106 Å². The standard InChI is InChI=1S/C69H124N2O31/c1-4-6-8-10-12-14-16-18-20-22-24-26-28-30-41(77)40(71-48(80)31-29-27-25-23-21-19-17-15-13-11-9-7-5-2)37-93-65-58(89)56(87)61(46(36-75)97-65)100-67-59(90)62(53(84)44(34-73)95-67)101-64-49(70-39(3)76)54(85)60(45(35-74)96-64)99-66-57(88)55(86)52(83)47(98-66)38-94-69(68(91)92)32-42(78)50(81)63(102-69)51(82)43(79)33-72/h28,30,40-47,49-67,72-75,77-79,81-90H,4-27,29,31-38H2,1-3H3,(H,70,76)(H,71,80)(H,91,92)/b30-28+/t40-,41+,42?,43+,44?,45?,46?,47?,49?,50+,51+,52-,53-,54+,55-,56+,57?,58?,59?,60+,61+,62-,63?,64-,65+,66-,67-,69+/m0/s1. The second-order valence-corrected chi connectivity index (χ2v) is 27.9. The van der Waals surface area contributed by atoms with Gasteiger partial charge in [0.2, 0.25) is 11.8 Å². The van der Waals surface area contributed by atoms with E-state index in [1.807, 2.05) is 6.08 Å². The predicted octanol–water partition coefficient (Wildman–Crippen LogP) is -1.97. The molecule has 0 aromatic heterocycles. The van der Waals surface area contributed by atoms with Gasteiger partial charge in [-0.2, -0.15) is 0 Å². The molecule has 5 aliphatic heterocycles. The molecule has 0 aromatic carbocycles. The van der Waals surface area contributed by atoms with E-state index in [1.54, 1.807) is 6.08 Å². The Hall–Kier alpha value is -2.93. The fraction of sp³-hybridized carbons (Fsp3) is 0.928. The van der Waals surface area contributed by atoms with Gasteiger partial charge in [-0.05, 0) is 19.3 Å². The summed E-state index contributed by atoms with van der Waals surface area (Å²) < 4.78 is 58.0. The molecule has 5 aliphatic rings. The number of unbranched alkanes of at least 4 members (excludes halogenated alkanes) is 23. The van der Waals surface area contributed by atoms with Gasteiger partial charge in [-0.15, -0.1) is 0 Å². The number of nitrogens with one attached hydrogen (secondary N) is 2. The summed E-state index contributed by atoms with van der Waals surface area (Å²) in [5.74, 6) is -6.16. The van der Waals surface area contributed by atoms with Crippen molar-refractivity contribution in [1.29, 1.82) is 0 Å². The van der Waals surface area contributed by atoms with Gasteiger partial charge in [0.25, 0.3) is 5.79 Å². The molecule has 0 saturated carbocycles. The Morgan fingerprint density at radius 1 is 0.520 bits per heavy atom. The van der Waals surface area contributed by atoms with E-state index in [4.69, 9.17) is 47.4 Å². The number of aliphatic hydroxyl groups excluding tert-OH is 17. The molecule has 33 heteroatoms. The van der Waals surface area contributed by atoms with E-state index in [1.165, 1.54) is 96.3 Å². The van der Waals surface area contributed by atoms with Crippen LogP contribution in [0.2, 0.25) is 0 Å². The van der Waals surface area contributed by atoms with Crippen LogP contribution in [0, 0.1) is 0 Å². The van der Waals surface area contributed by atoms with E-state index in [0.717, 1.165) is 58.3 Å². The Bertz CT molecular complexity index is 2340. The molecule has 5 fully saturated rings. The monoisotopic (exact) mass is 1480 g/mol. The lowest BCUT2D eigenvalue weighted by Crippen LogP contribution is -2.70. The van der Waals surface area contributed by atoms with Crippen molar-refractivity contribution in [2.75, 3.05) is 39.6 Å². The van der Waals surface area contributed by atoms with Crippen LogP contribution in [0.1, 0.15) is 194 Å². The average Bonchev–Trinajstić information content (AvgIpc) is 0.777. The zero-order valence-electron chi connectivity index (χ0n) is 59.4. The molecule has 20 N–H and O–H groups in total. The average molecular weight is 1480 g/mol. The van der Waals surface area contributed by atoms with Crippen molar-refractivity contribution in [2.45, 2.75) is 365 Å². The molecule has 5 saturated heterocycles. The molecular formula is C69H124N2O31. The smallest absolute Gasteiger partial charge is 0.364 e. The number of hydrogen-bond acceptors (Lipinski definition) is 30. The van der Waals surface area contributed by atoms with Crippen LogP contribution in [0.5, 0.6) is 0 Å². The molecule has 5 rings (SSSR count). The van der Waals surface area contributed by atoms with E-state index < -0.39 is 229 Å². The first-order valence-electron chi connectivity index (χ1n) is 37.1. The Labute approximate surface area is 597 Å².